The Bertz CT molecular complexity index is 423. The number of nitrogens with one attached hydrogen (secondary N) is 1. The zero-order chi connectivity index (χ0) is 10.6. The molecule has 0 fully saturated rings. The molecule has 0 aliphatic heterocycles. The minimum absolute atomic E-state index is 0.00228. The number of ketones is 1. The predicted molar refractivity (Wildman–Crippen MR) is 47.0 cm³/mol. The van der Waals surface area contributed by atoms with Gasteiger partial charge in [-0.05, 0) is 17.7 Å². The van der Waals surface area contributed by atoms with Crippen molar-refractivity contribution in [3.05, 3.63) is 36.0 Å². The Morgan fingerprint density at radius 2 is 2.21 bits per heavy atom. The standard InChI is InChI=1S/C9H6N2O3/c10-11-7-5-6(1-3-8(7)12)2-4-9(13)14/h1-5,10H/p+1/b4-2+. The van der Waals surface area contributed by atoms with E-state index in [1.165, 1.54) is 24.3 Å². The zero-order valence-electron chi connectivity index (χ0n) is 7.10. The molecule has 0 aromatic carbocycles. The molecule has 0 radical (unpaired) electrons. The van der Waals surface area contributed by atoms with Gasteiger partial charge in [0.25, 0.3) is 5.78 Å². The molecule has 0 spiro atoms. The Balaban J connectivity index is 2.94. The van der Waals surface area contributed by atoms with Crippen LogP contribution in [-0.4, -0.2) is 27.4 Å². The number of carbonyl (C=O) groups excluding carboxylic acids is 1. The molecule has 5 heteroatoms. The van der Waals surface area contributed by atoms with Crippen molar-refractivity contribution < 1.29 is 19.5 Å². The van der Waals surface area contributed by atoms with Crippen LogP contribution in [0.4, 0.5) is 0 Å². The van der Waals surface area contributed by atoms with Gasteiger partial charge in [0.05, 0.1) is 10.3 Å². The number of carboxylic acid groups (broad SMARTS) is 1. The van der Waals surface area contributed by atoms with E-state index in [1.807, 2.05) is 0 Å². The van der Waals surface area contributed by atoms with Crippen molar-refractivity contribution >= 4 is 17.5 Å². The fourth-order valence-electron chi connectivity index (χ4n) is 0.893. The van der Waals surface area contributed by atoms with Crippen molar-refractivity contribution in [3.63, 3.8) is 0 Å². The number of carbonyl (C=O) groups is 2. The quantitative estimate of drug-likeness (QED) is 0.286. The van der Waals surface area contributed by atoms with Crippen molar-refractivity contribution in [1.29, 1.82) is 5.53 Å². The lowest BCUT2D eigenvalue weighted by molar-refractivity contribution is -0.132. The molecular formula is C9H7N2O3+. The van der Waals surface area contributed by atoms with E-state index in [2.05, 4.69) is 4.79 Å². The number of rotatable bonds is 2. The highest BCUT2D eigenvalue weighted by Gasteiger charge is 2.20. The molecule has 0 bridgehead atoms. The summed E-state index contributed by atoms with van der Waals surface area (Å²) in [7, 11) is 0. The monoisotopic (exact) mass is 191 g/mol. The highest BCUT2D eigenvalue weighted by atomic mass is 16.4. The second-order valence-corrected chi connectivity index (χ2v) is 2.51. The van der Waals surface area contributed by atoms with Gasteiger partial charge in [-0.1, -0.05) is 6.08 Å². The van der Waals surface area contributed by atoms with Crippen molar-refractivity contribution in [2.45, 2.75) is 0 Å². The summed E-state index contributed by atoms with van der Waals surface area (Å²) in [6.45, 7) is 0. The van der Waals surface area contributed by atoms with Crippen LogP contribution in [0.1, 0.15) is 0 Å². The van der Waals surface area contributed by atoms with Gasteiger partial charge in [-0.15, -0.1) is 0 Å². The molecule has 5 nitrogen and oxygen atoms in total. The predicted octanol–water partition coefficient (Wildman–Crippen LogP) is 0.373. The Hall–Kier alpha value is -2.26. The first kappa shape index (κ1) is 9.83. The van der Waals surface area contributed by atoms with Gasteiger partial charge in [-0.3, -0.25) is 4.79 Å². The summed E-state index contributed by atoms with van der Waals surface area (Å²) >= 11 is 0. The fourth-order valence-corrected chi connectivity index (χ4v) is 0.893. The lowest BCUT2D eigenvalue weighted by Crippen LogP contribution is -2.13. The number of nitrogens with zero attached hydrogens (tertiary/aromatic N) is 1. The van der Waals surface area contributed by atoms with Gasteiger partial charge >= 0.3 is 11.7 Å². The Morgan fingerprint density at radius 3 is 2.79 bits per heavy atom. The molecule has 0 aromatic rings. The van der Waals surface area contributed by atoms with Crippen LogP contribution in [0.2, 0.25) is 0 Å². The number of allylic oxidation sites excluding steroid dienone is 5. The van der Waals surface area contributed by atoms with E-state index < -0.39 is 5.97 Å². The molecule has 0 amide bonds. The van der Waals surface area contributed by atoms with Gasteiger partial charge in [0.15, 0.2) is 0 Å². The largest absolute Gasteiger partial charge is 0.478 e. The number of carboxylic acids is 1. The van der Waals surface area contributed by atoms with E-state index in [0.29, 0.717) is 5.57 Å². The van der Waals surface area contributed by atoms with E-state index in [9.17, 15) is 9.59 Å². The van der Waals surface area contributed by atoms with Crippen LogP contribution in [0.15, 0.2) is 36.0 Å². The SMILES string of the molecule is N=[N+]=C1C=C(/C=C/C(=O)O)C=CC1=O. The molecule has 0 atom stereocenters. The first-order valence-corrected chi connectivity index (χ1v) is 3.73. The van der Waals surface area contributed by atoms with E-state index in [4.69, 9.17) is 10.6 Å². The van der Waals surface area contributed by atoms with E-state index in [1.54, 1.807) is 0 Å². The number of aliphatic carboxylic acids is 1. The topological polar surface area (TPSA) is 92.3 Å². The second-order valence-electron chi connectivity index (χ2n) is 2.51. The van der Waals surface area contributed by atoms with Crippen LogP contribution < -0.4 is 0 Å². The molecule has 0 heterocycles. The molecule has 0 saturated heterocycles. The zero-order valence-corrected chi connectivity index (χ0v) is 7.10. The summed E-state index contributed by atoms with van der Waals surface area (Å²) < 4.78 is 0. The lowest BCUT2D eigenvalue weighted by Gasteiger charge is -1.94. The van der Waals surface area contributed by atoms with E-state index in [-0.39, 0.29) is 11.5 Å². The minimum atomic E-state index is -1.07. The summed E-state index contributed by atoms with van der Waals surface area (Å²) in [4.78, 5) is 24.2. The summed E-state index contributed by atoms with van der Waals surface area (Å²) in [6, 6.07) is 0. The molecule has 1 aliphatic carbocycles. The maximum atomic E-state index is 11.0. The van der Waals surface area contributed by atoms with Crippen LogP contribution in [0, 0.1) is 5.53 Å². The van der Waals surface area contributed by atoms with Crippen molar-refractivity contribution in [2.24, 2.45) is 0 Å². The minimum Gasteiger partial charge on any atom is -0.478 e. The summed E-state index contributed by atoms with van der Waals surface area (Å²) in [5.74, 6) is -1.42. The second kappa shape index (κ2) is 4.11. The van der Waals surface area contributed by atoms with Crippen LogP contribution in [-0.2, 0) is 9.59 Å². The fraction of sp³-hybridized carbons (Fsp3) is 0. The van der Waals surface area contributed by atoms with E-state index >= 15 is 0 Å². The van der Waals surface area contributed by atoms with Gasteiger partial charge in [0.2, 0.25) is 0 Å². The van der Waals surface area contributed by atoms with Gasteiger partial charge in [0.1, 0.15) is 0 Å². The summed E-state index contributed by atoms with van der Waals surface area (Å²) in [5, 5.41) is 8.35. The van der Waals surface area contributed by atoms with Crippen molar-refractivity contribution in [3.8, 4) is 0 Å². The maximum absolute atomic E-state index is 11.0. The molecule has 2 N–H and O–H groups in total. The number of hydrogen-bond donors (Lipinski definition) is 2. The molecule has 0 aromatic heterocycles. The third kappa shape index (κ3) is 2.36. The average molecular weight is 191 g/mol. The molecule has 0 saturated carbocycles. The van der Waals surface area contributed by atoms with Gasteiger partial charge in [-0.2, -0.15) is 0 Å². The number of hydrogen-bond acceptors (Lipinski definition) is 3. The molecule has 1 rings (SSSR count). The molecule has 1 aliphatic rings. The van der Waals surface area contributed by atoms with Crippen LogP contribution in [0.5, 0.6) is 0 Å². The van der Waals surface area contributed by atoms with Crippen LogP contribution in [0.25, 0.3) is 0 Å². The molecule has 0 unspecified atom stereocenters. The molecule has 70 valence electrons. The average Bonchev–Trinajstić information content (AvgIpc) is 2.16. The Labute approximate surface area is 79.3 Å². The molecule has 14 heavy (non-hydrogen) atoms. The highest BCUT2D eigenvalue weighted by Crippen LogP contribution is 2.05. The third-order valence-electron chi connectivity index (χ3n) is 1.52. The van der Waals surface area contributed by atoms with Gasteiger partial charge in [0, 0.05) is 12.2 Å². The first-order chi connectivity index (χ1) is 6.63. The Kier molecular flexibility index (Phi) is 2.89. The molecular weight excluding hydrogens is 184 g/mol. The summed E-state index contributed by atoms with van der Waals surface area (Å²) in [5.41, 5.74) is 7.21. The van der Waals surface area contributed by atoms with Gasteiger partial charge in [-0.25, -0.2) is 4.79 Å². The van der Waals surface area contributed by atoms with Crippen molar-refractivity contribution in [2.75, 3.05) is 0 Å². The first-order valence-electron chi connectivity index (χ1n) is 3.73. The van der Waals surface area contributed by atoms with Crippen molar-refractivity contribution in [1.82, 2.24) is 0 Å². The summed E-state index contributed by atoms with van der Waals surface area (Å²) in [6.07, 6.45) is 6.35. The third-order valence-corrected chi connectivity index (χ3v) is 1.52. The lowest BCUT2D eigenvalue weighted by atomic mass is 10.0. The Morgan fingerprint density at radius 1 is 1.50 bits per heavy atom. The smallest absolute Gasteiger partial charge is 0.411 e. The maximum Gasteiger partial charge on any atom is 0.411 e. The normalized spacial score (nSPS) is 15.6. The van der Waals surface area contributed by atoms with Crippen LogP contribution in [0.3, 0.4) is 0 Å². The van der Waals surface area contributed by atoms with E-state index in [0.717, 1.165) is 6.08 Å². The highest BCUT2D eigenvalue weighted by molar-refractivity contribution is 6.46. The van der Waals surface area contributed by atoms with Gasteiger partial charge < -0.3 is 5.11 Å². The van der Waals surface area contributed by atoms with Crippen LogP contribution >= 0.6 is 0 Å².